The summed E-state index contributed by atoms with van der Waals surface area (Å²) in [7, 11) is 0. The van der Waals surface area contributed by atoms with Gasteiger partial charge in [-0.1, -0.05) is 35.9 Å². The lowest BCUT2D eigenvalue weighted by atomic mass is 10.1. The zero-order chi connectivity index (χ0) is 23.1. The Hall–Kier alpha value is -3.97. The maximum absolute atomic E-state index is 12.3. The molecular formula is C24H20ClN3O4. The van der Waals surface area contributed by atoms with Crippen LogP contribution in [-0.2, 0) is 9.59 Å². The van der Waals surface area contributed by atoms with E-state index >= 15 is 0 Å². The topological polar surface area (TPSA) is 96.9 Å². The second-order valence-corrected chi connectivity index (χ2v) is 7.25. The molecule has 0 saturated heterocycles. The van der Waals surface area contributed by atoms with Crippen LogP contribution in [-0.4, -0.2) is 24.0 Å². The monoisotopic (exact) mass is 449 g/mol. The average Bonchev–Trinajstić information content (AvgIpc) is 2.78. The van der Waals surface area contributed by atoms with E-state index in [9.17, 15) is 14.4 Å². The molecule has 2 amide bonds. The number of hydrogen-bond donors (Lipinski definition) is 2. The SMILES string of the molecule is Cc1ccccc1C(=O)Oc1ccc(C=NNC(=O)C(=O)Nc2cccc(Cl)c2C)cc1. The highest BCUT2D eigenvalue weighted by Gasteiger charge is 2.15. The van der Waals surface area contributed by atoms with E-state index in [1.54, 1.807) is 61.5 Å². The molecule has 3 aromatic carbocycles. The van der Waals surface area contributed by atoms with Gasteiger partial charge in [-0.05, 0) is 73.0 Å². The maximum Gasteiger partial charge on any atom is 0.343 e. The molecular weight excluding hydrogens is 430 g/mol. The molecule has 0 bridgehead atoms. The summed E-state index contributed by atoms with van der Waals surface area (Å²) in [5.41, 5.74) is 5.21. The van der Waals surface area contributed by atoms with Gasteiger partial charge in [0.2, 0.25) is 0 Å². The number of benzene rings is 3. The van der Waals surface area contributed by atoms with Crippen LogP contribution < -0.4 is 15.5 Å². The Morgan fingerprint density at radius 2 is 1.62 bits per heavy atom. The molecule has 0 radical (unpaired) electrons. The molecule has 0 atom stereocenters. The molecule has 0 aliphatic rings. The highest BCUT2D eigenvalue weighted by molar-refractivity contribution is 6.40. The van der Waals surface area contributed by atoms with Crippen LogP contribution in [0.1, 0.15) is 27.0 Å². The molecule has 32 heavy (non-hydrogen) atoms. The minimum absolute atomic E-state index is 0.371. The Balaban J connectivity index is 1.53. The Kier molecular flexibility index (Phi) is 7.36. The second kappa shape index (κ2) is 10.4. The van der Waals surface area contributed by atoms with E-state index in [0.717, 1.165) is 5.56 Å². The van der Waals surface area contributed by atoms with Gasteiger partial charge in [-0.3, -0.25) is 9.59 Å². The fraction of sp³-hybridized carbons (Fsp3) is 0.0833. The van der Waals surface area contributed by atoms with Gasteiger partial charge >= 0.3 is 17.8 Å². The molecule has 0 unspecified atom stereocenters. The summed E-state index contributed by atoms with van der Waals surface area (Å²) in [6, 6.07) is 18.7. The van der Waals surface area contributed by atoms with Crippen LogP contribution in [0.3, 0.4) is 0 Å². The lowest BCUT2D eigenvalue weighted by molar-refractivity contribution is -0.136. The second-order valence-electron chi connectivity index (χ2n) is 6.84. The number of nitrogens with one attached hydrogen (secondary N) is 2. The van der Waals surface area contributed by atoms with E-state index in [0.29, 0.717) is 33.1 Å². The summed E-state index contributed by atoms with van der Waals surface area (Å²) in [4.78, 5) is 36.2. The molecule has 0 saturated carbocycles. The molecule has 0 aromatic heterocycles. The lowest BCUT2D eigenvalue weighted by Crippen LogP contribution is -2.32. The molecule has 7 nitrogen and oxygen atoms in total. The number of esters is 1. The predicted octanol–water partition coefficient (Wildman–Crippen LogP) is 4.26. The summed E-state index contributed by atoms with van der Waals surface area (Å²) < 4.78 is 5.37. The summed E-state index contributed by atoms with van der Waals surface area (Å²) in [5.74, 6) is -1.87. The van der Waals surface area contributed by atoms with E-state index in [2.05, 4.69) is 15.8 Å². The molecule has 3 aromatic rings. The molecule has 0 fully saturated rings. The van der Waals surface area contributed by atoms with Crippen LogP contribution in [0.5, 0.6) is 5.75 Å². The van der Waals surface area contributed by atoms with Crippen LogP contribution >= 0.6 is 11.6 Å². The predicted molar refractivity (Wildman–Crippen MR) is 123 cm³/mol. The third-order valence-electron chi connectivity index (χ3n) is 4.56. The first-order valence-electron chi connectivity index (χ1n) is 9.62. The third-order valence-corrected chi connectivity index (χ3v) is 4.97. The quantitative estimate of drug-likeness (QED) is 0.200. The zero-order valence-corrected chi connectivity index (χ0v) is 18.1. The number of rotatable bonds is 5. The van der Waals surface area contributed by atoms with Crippen molar-refractivity contribution in [2.45, 2.75) is 13.8 Å². The number of carbonyl (C=O) groups excluding carboxylic acids is 3. The van der Waals surface area contributed by atoms with E-state index in [-0.39, 0.29) is 0 Å². The number of amides is 2. The van der Waals surface area contributed by atoms with Crippen molar-refractivity contribution in [3.05, 3.63) is 94.0 Å². The summed E-state index contributed by atoms with van der Waals surface area (Å²) >= 11 is 6.00. The number of nitrogens with zero attached hydrogens (tertiary/aromatic N) is 1. The Morgan fingerprint density at radius 3 is 2.34 bits per heavy atom. The summed E-state index contributed by atoms with van der Waals surface area (Å²) in [5, 5.41) is 6.74. The van der Waals surface area contributed by atoms with Gasteiger partial charge in [-0.15, -0.1) is 0 Å². The normalized spacial score (nSPS) is 10.6. The number of hydrogen-bond acceptors (Lipinski definition) is 5. The van der Waals surface area contributed by atoms with Gasteiger partial charge in [-0.2, -0.15) is 5.10 Å². The number of aryl methyl sites for hydroxylation is 1. The maximum atomic E-state index is 12.3. The van der Waals surface area contributed by atoms with Crippen LogP contribution in [0.2, 0.25) is 5.02 Å². The summed E-state index contributed by atoms with van der Waals surface area (Å²) in [6.07, 6.45) is 1.36. The fourth-order valence-electron chi connectivity index (χ4n) is 2.72. The number of ether oxygens (including phenoxy) is 1. The Bertz CT molecular complexity index is 1190. The van der Waals surface area contributed by atoms with E-state index in [1.165, 1.54) is 6.21 Å². The van der Waals surface area contributed by atoms with Crippen molar-refractivity contribution in [2.75, 3.05) is 5.32 Å². The van der Waals surface area contributed by atoms with E-state index in [4.69, 9.17) is 16.3 Å². The van der Waals surface area contributed by atoms with Crippen molar-refractivity contribution in [3.63, 3.8) is 0 Å². The van der Waals surface area contributed by atoms with Gasteiger partial charge < -0.3 is 10.1 Å². The van der Waals surface area contributed by atoms with Gasteiger partial charge in [0.15, 0.2) is 0 Å². The molecule has 162 valence electrons. The van der Waals surface area contributed by atoms with E-state index < -0.39 is 17.8 Å². The highest BCUT2D eigenvalue weighted by Crippen LogP contribution is 2.22. The standard InChI is InChI=1S/C24H20ClN3O4/c1-15-6-3-4-7-19(15)24(31)32-18-12-10-17(11-13-18)14-26-28-23(30)22(29)27-21-9-5-8-20(25)16(21)2/h3-14H,1-2H3,(H,27,29)(H,28,30). The Morgan fingerprint density at radius 1 is 0.906 bits per heavy atom. The van der Waals surface area contributed by atoms with Crippen LogP contribution in [0.25, 0.3) is 0 Å². The highest BCUT2D eigenvalue weighted by atomic mass is 35.5. The van der Waals surface area contributed by atoms with Crippen LogP contribution in [0.4, 0.5) is 5.69 Å². The van der Waals surface area contributed by atoms with Gasteiger partial charge in [-0.25, -0.2) is 10.2 Å². The molecule has 0 spiro atoms. The molecule has 8 heteroatoms. The number of halogens is 1. The van der Waals surface area contributed by atoms with Crippen molar-refractivity contribution in [3.8, 4) is 5.75 Å². The number of anilines is 1. The molecule has 0 aliphatic carbocycles. The van der Waals surface area contributed by atoms with Crippen molar-refractivity contribution in [2.24, 2.45) is 5.10 Å². The first-order chi connectivity index (χ1) is 15.3. The minimum atomic E-state index is -0.926. The largest absolute Gasteiger partial charge is 0.423 e. The zero-order valence-electron chi connectivity index (χ0n) is 17.4. The van der Waals surface area contributed by atoms with Gasteiger partial charge in [0, 0.05) is 10.7 Å². The van der Waals surface area contributed by atoms with Crippen LogP contribution in [0, 0.1) is 13.8 Å². The minimum Gasteiger partial charge on any atom is -0.423 e. The Labute approximate surface area is 190 Å². The van der Waals surface area contributed by atoms with Crippen LogP contribution in [0.15, 0.2) is 71.8 Å². The molecule has 2 N–H and O–H groups in total. The molecule has 0 aliphatic heterocycles. The first kappa shape index (κ1) is 22.7. The van der Waals surface area contributed by atoms with Crippen molar-refractivity contribution in [1.29, 1.82) is 0 Å². The molecule has 3 rings (SSSR count). The smallest absolute Gasteiger partial charge is 0.343 e. The van der Waals surface area contributed by atoms with Crippen molar-refractivity contribution in [1.82, 2.24) is 5.43 Å². The third kappa shape index (κ3) is 5.80. The average molecular weight is 450 g/mol. The fourth-order valence-corrected chi connectivity index (χ4v) is 2.90. The van der Waals surface area contributed by atoms with Crippen molar-refractivity contribution >= 4 is 41.3 Å². The summed E-state index contributed by atoms with van der Waals surface area (Å²) in [6.45, 7) is 3.57. The van der Waals surface area contributed by atoms with Crippen molar-refractivity contribution < 1.29 is 19.1 Å². The first-order valence-corrected chi connectivity index (χ1v) is 10.0. The van der Waals surface area contributed by atoms with Gasteiger partial charge in [0.1, 0.15) is 5.75 Å². The van der Waals surface area contributed by atoms with Gasteiger partial charge in [0.05, 0.1) is 11.8 Å². The van der Waals surface area contributed by atoms with E-state index in [1.807, 2.05) is 19.1 Å². The number of carbonyl (C=O) groups is 3. The van der Waals surface area contributed by atoms with Gasteiger partial charge in [0.25, 0.3) is 0 Å². The molecule has 0 heterocycles. The lowest BCUT2D eigenvalue weighted by Gasteiger charge is -2.08. The number of hydrazone groups is 1.